The predicted molar refractivity (Wildman–Crippen MR) is 152 cm³/mol. The molecule has 0 rings (SSSR count). The summed E-state index contributed by atoms with van der Waals surface area (Å²) in [7, 11) is -4.32. The molecule has 6 nitrogen and oxygen atoms in total. The highest BCUT2D eigenvalue weighted by Gasteiger charge is 2.24. The Balaban J connectivity index is 4.01. The molecule has 0 aliphatic carbocycles. The van der Waals surface area contributed by atoms with Crippen molar-refractivity contribution >= 4 is 16.0 Å². The first-order valence-electron chi connectivity index (χ1n) is 14.2. The molecule has 3 N–H and O–H groups in total. The van der Waals surface area contributed by atoms with Crippen molar-refractivity contribution in [3.8, 4) is 0 Å². The maximum Gasteiger partial charge on any atom is 0.267 e. The Morgan fingerprint density at radius 2 is 1.25 bits per heavy atom. The van der Waals surface area contributed by atoms with Gasteiger partial charge in [0.25, 0.3) is 10.1 Å². The molecule has 36 heavy (non-hydrogen) atoms. The summed E-state index contributed by atoms with van der Waals surface area (Å²) in [6.45, 7) is 4.33. The van der Waals surface area contributed by atoms with E-state index >= 15 is 0 Å². The van der Waals surface area contributed by atoms with E-state index in [2.05, 4.69) is 43.5 Å². The van der Waals surface area contributed by atoms with Crippen molar-refractivity contribution in [2.75, 3.05) is 5.75 Å². The molecule has 0 fully saturated rings. The lowest BCUT2D eigenvalue weighted by molar-refractivity contribution is -0.122. The Morgan fingerprint density at radius 1 is 0.750 bits per heavy atom. The fourth-order valence-corrected chi connectivity index (χ4v) is 4.62. The number of carbonyl (C=O) groups is 1. The van der Waals surface area contributed by atoms with Crippen molar-refractivity contribution < 1.29 is 22.9 Å². The second kappa shape index (κ2) is 23.9. The Labute approximate surface area is 221 Å². The van der Waals surface area contributed by atoms with Crippen molar-refractivity contribution in [1.82, 2.24) is 5.32 Å². The molecule has 0 aromatic heterocycles. The molecule has 0 aromatic carbocycles. The van der Waals surface area contributed by atoms with E-state index in [0.717, 1.165) is 64.2 Å². The Hall–Kier alpha value is -1.44. The van der Waals surface area contributed by atoms with Crippen LogP contribution in [0.15, 0.2) is 36.5 Å². The predicted octanol–water partition coefficient (Wildman–Crippen LogP) is 7.06. The molecule has 0 heterocycles. The molecule has 0 saturated heterocycles. The quantitative estimate of drug-likeness (QED) is 0.0708. The van der Waals surface area contributed by atoms with Crippen molar-refractivity contribution in [3.63, 3.8) is 0 Å². The van der Waals surface area contributed by atoms with Crippen molar-refractivity contribution in [3.05, 3.63) is 36.5 Å². The van der Waals surface area contributed by atoms with Crippen LogP contribution in [0.25, 0.3) is 0 Å². The second-order valence-corrected chi connectivity index (χ2v) is 11.2. The lowest BCUT2D eigenvalue weighted by atomic mass is 10.1. The molecule has 0 aliphatic rings. The number of unbranched alkanes of at least 4 members (excludes halogenated alkanes) is 12. The summed E-state index contributed by atoms with van der Waals surface area (Å²) in [5, 5.41) is 12.9. The zero-order chi connectivity index (χ0) is 26.9. The lowest BCUT2D eigenvalue weighted by Gasteiger charge is -2.21. The zero-order valence-electron chi connectivity index (χ0n) is 22.9. The second-order valence-electron chi connectivity index (χ2n) is 9.67. The van der Waals surface area contributed by atoms with E-state index in [1.54, 1.807) is 6.08 Å². The van der Waals surface area contributed by atoms with Crippen LogP contribution in [0, 0.1) is 0 Å². The molecule has 7 heteroatoms. The van der Waals surface area contributed by atoms with E-state index < -0.39 is 28.0 Å². The van der Waals surface area contributed by atoms with Gasteiger partial charge in [-0.2, -0.15) is 8.42 Å². The molecule has 210 valence electrons. The number of amides is 1. The number of allylic oxidation sites excluding steroid dienone is 5. The van der Waals surface area contributed by atoms with Crippen molar-refractivity contribution in [2.24, 2.45) is 0 Å². The molecule has 0 aromatic rings. The minimum Gasteiger partial charge on any atom is -0.387 e. The van der Waals surface area contributed by atoms with Crippen LogP contribution in [0.3, 0.4) is 0 Å². The Bertz CT molecular complexity index is 715. The molecule has 0 spiro atoms. The summed E-state index contributed by atoms with van der Waals surface area (Å²) in [6, 6.07) is -1.06. The van der Waals surface area contributed by atoms with E-state index in [1.165, 1.54) is 38.2 Å². The van der Waals surface area contributed by atoms with Crippen LogP contribution >= 0.6 is 0 Å². The van der Waals surface area contributed by atoms with Crippen LogP contribution in [0.4, 0.5) is 0 Å². The first kappa shape index (κ1) is 34.6. The first-order chi connectivity index (χ1) is 17.3. The number of nitrogens with one attached hydrogen (secondary N) is 1. The maximum atomic E-state index is 12.3. The van der Waals surface area contributed by atoms with Crippen LogP contribution < -0.4 is 5.32 Å². The van der Waals surface area contributed by atoms with Gasteiger partial charge in [-0.3, -0.25) is 9.35 Å². The normalized spacial score (nSPS) is 14.2. The molecule has 0 saturated carbocycles. The van der Waals surface area contributed by atoms with E-state index in [-0.39, 0.29) is 12.3 Å². The van der Waals surface area contributed by atoms with Gasteiger partial charge in [-0.25, -0.2) is 0 Å². The van der Waals surface area contributed by atoms with Gasteiger partial charge in [0.2, 0.25) is 5.91 Å². The molecule has 0 aliphatic heterocycles. The van der Waals surface area contributed by atoms with Crippen LogP contribution in [0.1, 0.15) is 123 Å². The lowest BCUT2D eigenvalue weighted by Crippen LogP contribution is -2.46. The average Bonchev–Trinajstić information content (AvgIpc) is 2.82. The van der Waals surface area contributed by atoms with Gasteiger partial charge >= 0.3 is 0 Å². The monoisotopic (exact) mass is 527 g/mol. The van der Waals surface area contributed by atoms with E-state index in [4.69, 9.17) is 0 Å². The first-order valence-corrected chi connectivity index (χ1v) is 15.8. The number of aliphatic hydroxyl groups excluding tert-OH is 1. The van der Waals surface area contributed by atoms with E-state index in [0.29, 0.717) is 6.42 Å². The van der Waals surface area contributed by atoms with E-state index in [9.17, 15) is 22.9 Å². The third kappa shape index (κ3) is 24.3. The van der Waals surface area contributed by atoms with Gasteiger partial charge in [-0.05, 0) is 51.4 Å². The molecular weight excluding hydrogens is 474 g/mol. The SMILES string of the molecule is CCCCC/C=C/C(O)C(CS(=O)(=O)O)NC(=O)CCCCCCC/C=C\C/C=C\CCCCCC. The standard InChI is InChI=1S/C29H53NO5S/c1-3-5-7-9-10-11-12-13-14-15-16-17-18-19-21-23-25-29(32)30-27(26-36(33,34)35)28(31)24-22-20-8-6-4-2/h11-12,14-15,22,24,27-28,31H,3-10,13,16-21,23,25-26H2,1-2H3,(H,30,32)(H,33,34,35)/b12-11-,15-14-,24-22+. The number of hydrogen-bond acceptors (Lipinski definition) is 4. The summed E-state index contributed by atoms with van der Waals surface area (Å²) in [5.41, 5.74) is 0. The number of hydrogen-bond donors (Lipinski definition) is 3. The molecule has 1 amide bonds. The summed E-state index contributed by atoms with van der Waals surface area (Å²) in [4.78, 5) is 12.3. The number of carbonyl (C=O) groups excluding carboxylic acids is 1. The van der Waals surface area contributed by atoms with Gasteiger partial charge in [0.15, 0.2) is 0 Å². The summed E-state index contributed by atoms with van der Waals surface area (Å²) < 4.78 is 31.8. The van der Waals surface area contributed by atoms with Gasteiger partial charge in [0, 0.05) is 6.42 Å². The van der Waals surface area contributed by atoms with Gasteiger partial charge < -0.3 is 10.4 Å². The minimum atomic E-state index is -4.32. The Kier molecular flexibility index (Phi) is 23.0. The van der Waals surface area contributed by atoms with Gasteiger partial charge in [-0.1, -0.05) is 102 Å². The van der Waals surface area contributed by atoms with E-state index in [1.807, 2.05) is 0 Å². The smallest absolute Gasteiger partial charge is 0.267 e. The van der Waals surface area contributed by atoms with Crippen LogP contribution in [-0.4, -0.2) is 41.9 Å². The van der Waals surface area contributed by atoms with Crippen LogP contribution in [0.2, 0.25) is 0 Å². The molecule has 0 bridgehead atoms. The minimum absolute atomic E-state index is 0.277. The molecule has 2 unspecified atom stereocenters. The molecule has 2 atom stereocenters. The third-order valence-corrected chi connectivity index (χ3v) is 6.84. The molecule has 0 radical (unpaired) electrons. The summed E-state index contributed by atoms with van der Waals surface area (Å²) in [6.07, 6.45) is 28.8. The van der Waals surface area contributed by atoms with Crippen molar-refractivity contribution in [1.29, 1.82) is 0 Å². The number of rotatable bonds is 24. The topological polar surface area (TPSA) is 104 Å². The highest BCUT2D eigenvalue weighted by molar-refractivity contribution is 7.85. The summed E-state index contributed by atoms with van der Waals surface area (Å²) in [5.74, 6) is -1.01. The highest BCUT2D eigenvalue weighted by Crippen LogP contribution is 2.10. The zero-order valence-corrected chi connectivity index (χ0v) is 23.7. The highest BCUT2D eigenvalue weighted by atomic mass is 32.2. The molecular formula is C29H53NO5S. The third-order valence-electron chi connectivity index (χ3n) is 6.06. The largest absolute Gasteiger partial charge is 0.387 e. The van der Waals surface area contributed by atoms with Crippen LogP contribution in [-0.2, 0) is 14.9 Å². The maximum absolute atomic E-state index is 12.3. The fourth-order valence-electron chi connectivity index (χ4n) is 3.89. The Morgan fingerprint density at radius 3 is 1.86 bits per heavy atom. The fraction of sp³-hybridized carbons (Fsp3) is 0.759. The van der Waals surface area contributed by atoms with Gasteiger partial charge in [-0.15, -0.1) is 0 Å². The van der Waals surface area contributed by atoms with Gasteiger partial charge in [0.1, 0.15) is 0 Å². The summed E-state index contributed by atoms with van der Waals surface area (Å²) >= 11 is 0. The average molecular weight is 528 g/mol. The number of aliphatic hydroxyl groups is 1. The van der Waals surface area contributed by atoms with Crippen molar-refractivity contribution in [2.45, 2.75) is 135 Å². The van der Waals surface area contributed by atoms with Crippen LogP contribution in [0.5, 0.6) is 0 Å². The van der Waals surface area contributed by atoms with Gasteiger partial charge in [0.05, 0.1) is 17.9 Å².